The molecule has 0 spiro atoms. The van der Waals surface area contributed by atoms with Gasteiger partial charge in [0.1, 0.15) is 11.5 Å². The first kappa shape index (κ1) is 18.2. The molecule has 0 atom stereocenters. The van der Waals surface area contributed by atoms with Gasteiger partial charge in [0.15, 0.2) is 0 Å². The van der Waals surface area contributed by atoms with E-state index in [0.717, 1.165) is 37.2 Å². The minimum atomic E-state index is -0.757. The maximum absolute atomic E-state index is 11.8. The van der Waals surface area contributed by atoms with Crippen molar-refractivity contribution in [2.45, 2.75) is 53.4 Å². The van der Waals surface area contributed by atoms with Gasteiger partial charge in [-0.25, -0.2) is 0 Å². The van der Waals surface area contributed by atoms with Crippen LogP contribution in [0.25, 0.3) is 0 Å². The monoisotopic (exact) mass is 278 g/mol. The first-order chi connectivity index (χ1) is 8.22. The van der Waals surface area contributed by atoms with E-state index in [1.807, 2.05) is 27.7 Å². The molecule has 2 N–H and O–H groups in total. The first-order valence-corrected chi connectivity index (χ1v) is 8.28. The maximum atomic E-state index is 11.8. The van der Waals surface area contributed by atoms with E-state index in [9.17, 15) is 4.55 Å². The summed E-state index contributed by atoms with van der Waals surface area (Å²) in [5.41, 5.74) is -0.105. The lowest BCUT2D eigenvalue weighted by atomic mass is 9.89. The number of hydrogen-bond donors (Lipinski definition) is 2. The smallest absolute Gasteiger partial charge is 0.105 e. The highest BCUT2D eigenvalue weighted by molar-refractivity contribution is 7.91. The van der Waals surface area contributed by atoms with Crippen LogP contribution in [0.1, 0.15) is 53.4 Å². The Morgan fingerprint density at radius 3 is 1.44 bits per heavy atom. The quantitative estimate of drug-likeness (QED) is 0.603. The molecule has 0 bridgehead atoms. The van der Waals surface area contributed by atoms with Gasteiger partial charge >= 0.3 is 0 Å². The number of aliphatic hydroxyl groups is 2. The Balaban J connectivity index is 3.64. The van der Waals surface area contributed by atoms with Crippen LogP contribution in [-0.4, -0.2) is 39.5 Å². The summed E-state index contributed by atoms with van der Waals surface area (Å²) in [6, 6.07) is 0. The first-order valence-electron chi connectivity index (χ1n) is 6.79. The second-order valence-corrected chi connectivity index (χ2v) is 8.40. The van der Waals surface area contributed by atoms with Crippen molar-refractivity contribution in [1.82, 2.24) is 0 Å². The molecular weight excluding hydrogens is 248 g/mol. The summed E-state index contributed by atoms with van der Waals surface area (Å²) in [4.78, 5) is 0. The van der Waals surface area contributed by atoms with E-state index in [4.69, 9.17) is 10.2 Å². The molecular formula is C14H30O3S. The summed E-state index contributed by atoms with van der Waals surface area (Å²) in [7, 11) is 0. The Hall–Kier alpha value is 0.230. The second kappa shape index (κ2) is 8.41. The van der Waals surface area contributed by atoms with Crippen LogP contribution in [0.4, 0.5) is 0 Å². The SMILES string of the molecule is CC(C)(CO)CCC[S+]([O-])CCCC(C)(C)CO. The number of rotatable bonds is 10. The fourth-order valence-corrected chi connectivity index (χ4v) is 2.82. The Labute approximate surface area is 115 Å². The summed E-state index contributed by atoms with van der Waals surface area (Å²) >= 11 is -0.757. The summed E-state index contributed by atoms with van der Waals surface area (Å²) < 4.78 is 11.8. The van der Waals surface area contributed by atoms with Crippen LogP contribution >= 0.6 is 0 Å². The van der Waals surface area contributed by atoms with Crippen molar-refractivity contribution in [2.75, 3.05) is 24.7 Å². The summed E-state index contributed by atoms with van der Waals surface area (Å²) in [5, 5.41) is 18.2. The molecule has 18 heavy (non-hydrogen) atoms. The minimum absolute atomic E-state index is 0.0525. The summed E-state index contributed by atoms with van der Waals surface area (Å²) in [6.45, 7) is 8.48. The van der Waals surface area contributed by atoms with Gasteiger partial charge in [-0.05, 0) is 36.5 Å². The maximum Gasteiger partial charge on any atom is 0.105 e. The van der Waals surface area contributed by atoms with Crippen molar-refractivity contribution in [3.05, 3.63) is 0 Å². The molecule has 0 amide bonds. The molecule has 0 fully saturated rings. The van der Waals surface area contributed by atoms with E-state index in [1.165, 1.54) is 0 Å². The molecule has 0 aromatic carbocycles. The van der Waals surface area contributed by atoms with Crippen molar-refractivity contribution in [3.8, 4) is 0 Å². The van der Waals surface area contributed by atoms with Gasteiger partial charge in [0.05, 0.1) is 0 Å². The lowest BCUT2D eigenvalue weighted by molar-refractivity contribution is 0.149. The molecule has 0 saturated heterocycles. The van der Waals surface area contributed by atoms with E-state index >= 15 is 0 Å². The Bertz CT molecular complexity index is 195. The van der Waals surface area contributed by atoms with Crippen molar-refractivity contribution in [3.63, 3.8) is 0 Å². The summed E-state index contributed by atoms with van der Waals surface area (Å²) in [6.07, 6.45) is 3.64. The van der Waals surface area contributed by atoms with Gasteiger partial charge in [0.25, 0.3) is 0 Å². The van der Waals surface area contributed by atoms with E-state index in [2.05, 4.69) is 0 Å². The lowest BCUT2D eigenvalue weighted by Gasteiger charge is -2.23. The third-order valence-corrected chi connectivity index (χ3v) is 4.80. The van der Waals surface area contributed by atoms with E-state index in [-0.39, 0.29) is 24.0 Å². The van der Waals surface area contributed by atoms with Gasteiger partial charge in [-0.3, -0.25) is 0 Å². The van der Waals surface area contributed by atoms with Crippen LogP contribution in [0, 0.1) is 10.8 Å². The standard InChI is InChI=1S/C14H30O3S/c1-13(2,11-15)7-5-9-18(17)10-6-8-14(3,4)12-16/h15-16H,5-12H2,1-4H3. The molecule has 0 aliphatic heterocycles. The highest BCUT2D eigenvalue weighted by Crippen LogP contribution is 2.23. The zero-order chi connectivity index (χ0) is 14.2. The molecule has 0 saturated carbocycles. The molecule has 0 aromatic heterocycles. The molecule has 0 heterocycles. The van der Waals surface area contributed by atoms with Gasteiger partial charge in [-0.2, -0.15) is 0 Å². The van der Waals surface area contributed by atoms with E-state index < -0.39 is 11.2 Å². The molecule has 3 nitrogen and oxygen atoms in total. The van der Waals surface area contributed by atoms with Gasteiger partial charge in [0, 0.05) is 13.2 Å². The third kappa shape index (κ3) is 9.20. The van der Waals surface area contributed by atoms with Crippen molar-refractivity contribution in [1.29, 1.82) is 0 Å². The largest absolute Gasteiger partial charge is 0.616 e. The topological polar surface area (TPSA) is 63.5 Å². The third-order valence-electron chi connectivity index (χ3n) is 3.31. The zero-order valence-corrected chi connectivity index (χ0v) is 13.2. The van der Waals surface area contributed by atoms with Gasteiger partial charge in [-0.15, -0.1) is 0 Å². The predicted molar refractivity (Wildman–Crippen MR) is 78.1 cm³/mol. The highest BCUT2D eigenvalue weighted by atomic mass is 32.2. The fourth-order valence-electron chi connectivity index (χ4n) is 1.68. The normalized spacial score (nSPS) is 13.3. The average molecular weight is 278 g/mol. The fraction of sp³-hybridized carbons (Fsp3) is 1.00. The van der Waals surface area contributed by atoms with Gasteiger partial charge in [-0.1, -0.05) is 38.9 Å². The highest BCUT2D eigenvalue weighted by Gasteiger charge is 2.19. The zero-order valence-electron chi connectivity index (χ0n) is 12.4. The van der Waals surface area contributed by atoms with Crippen molar-refractivity contribution >= 4 is 11.2 Å². The summed E-state index contributed by atoms with van der Waals surface area (Å²) in [5.74, 6) is 1.45. The molecule has 110 valence electrons. The van der Waals surface area contributed by atoms with Gasteiger partial charge < -0.3 is 14.8 Å². The van der Waals surface area contributed by atoms with Crippen LogP contribution in [0.5, 0.6) is 0 Å². The predicted octanol–water partition coefficient (Wildman–Crippen LogP) is 2.33. The Morgan fingerprint density at radius 2 is 1.17 bits per heavy atom. The molecule has 0 radical (unpaired) electrons. The van der Waals surface area contributed by atoms with Crippen LogP contribution in [0.3, 0.4) is 0 Å². The minimum Gasteiger partial charge on any atom is -0.616 e. The molecule has 0 unspecified atom stereocenters. The van der Waals surface area contributed by atoms with Crippen LogP contribution < -0.4 is 0 Å². The number of aliphatic hydroxyl groups excluding tert-OH is 2. The molecule has 0 aromatic rings. The van der Waals surface area contributed by atoms with E-state index in [1.54, 1.807) is 0 Å². The lowest BCUT2D eigenvalue weighted by Crippen LogP contribution is -2.21. The average Bonchev–Trinajstić information content (AvgIpc) is 2.28. The Kier molecular flexibility index (Phi) is 8.52. The molecule has 4 heteroatoms. The molecule has 0 aliphatic rings. The Morgan fingerprint density at radius 1 is 0.833 bits per heavy atom. The van der Waals surface area contributed by atoms with Crippen LogP contribution in [-0.2, 0) is 11.2 Å². The van der Waals surface area contributed by atoms with Crippen LogP contribution in [0.2, 0.25) is 0 Å². The van der Waals surface area contributed by atoms with E-state index in [0.29, 0.717) is 0 Å². The van der Waals surface area contributed by atoms with Gasteiger partial charge in [0.2, 0.25) is 0 Å². The van der Waals surface area contributed by atoms with Crippen LogP contribution in [0.15, 0.2) is 0 Å². The molecule has 0 rings (SSSR count). The second-order valence-electron chi connectivity index (χ2n) is 6.70. The van der Waals surface area contributed by atoms with Crippen molar-refractivity contribution in [2.24, 2.45) is 10.8 Å². The van der Waals surface area contributed by atoms with Crippen molar-refractivity contribution < 1.29 is 14.8 Å². The molecule has 0 aliphatic carbocycles. The number of hydrogen-bond acceptors (Lipinski definition) is 3.